The van der Waals surface area contributed by atoms with Crippen molar-refractivity contribution in [3.63, 3.8) is 0 Å². The molecule has 134 valence electrons. The predicted octanol–water partition coefficient (Wildman–Crippen LogP) is 2.77. The molecule has 5 nitrogen and oxygen atoms in total. The van der Waals surface area contributed by atoms with E-state index in [1.54, 1.807) is 25.1 Å². The monoisotopic (exact) mass is 342 g/mol. The minimum atomic E-state index is -2.92. The van der Waals surface area contributed by atoms with Gasteiger partial charge >= 0.3 is 6.61 Å². The van der Waals surface area contributed by atoms with Crippen LogP contribution in [-0.4, -0.2) is 51.2 Å². The molecule has 0 saturated heterocycles. The van der Waals surface area contributed by atoms with Crippen molar-refractivity contribution in [1.82, 2.24) is 10.2 Å². The van der Waals surface area contributed by atoms with E-state index < -0.39 is 6.61 Å². The van der Waals surface area contributed by atoms with Crippen LogP contribution in [0.4, 0.5) is 8.78 Å². The van der Waals surface area contributed by atoms with Gasteiger partial charge < -0.3 is 19.7 Å². The highest BCUT2D eigenvalue weighted by molar-refractivity contribution is 5.91. The molecule has 1 rings (SSSR count). The van der Waals surface area contributed by atoms with Crippen molar-refractivity contribution < 1.29 is 23.0 Å². The molecule has 0 spiro atoms. The SMILES string of the molecule is CCOc1cc(/C=C/C(=O)NCCCN(C)C)ccc1OC(F)F. The summed E-state index contributed by atoms with van der Waals surface area (Å²) in [5, 5.41) is 2.78. The summed E-state index contributed by atoms with van der Waals surface area (Å²) in [5.41, 5.74) is 0.656. The van der Waals surface area contributed by atoms with Crippen LogP contribution in [0, 0.1) is 0 Å². The molecule has 0 aliphatic heterocycles. The van der Waals surface area contributed by atoms with Crippen molar-refractivity contribution in [3.8, 4) is 11.5 Å². The van der Waals surface area contributed by atoms with E-state index >= 15 is 0 Å². The third-order valence-corrected chi connectivity index (χ3v) is 2.99. The number of carbonyl (C=O) groups excluding carboxylic acids is 1. The van der Waals surface area contributed by atoms with Crippen LogP contribution >= 0.6 is 0 Å². The topological polar surface area (TPSA) is 50.8 Å². The molecule has 0 aliphatic rings. The summed E-state index contributed by atoms with van der Waals surface area (Å²) in [5.74, 6) is -0.0249. The first-order valence-electron chi connectivity index (χ1n) is 7.74. The maximum atomic E-state index is 12.3. The first-order valence-corrected chi connectivity index (χ1v) is 7.74. The van der Waals surface area contributed by atoms with Crippen LogP contribution < -0.4 is 14.8 Å². The summed E-state index contributed by atoms with van der Waals surface area (Å²) in [6.07, 6.45) is 3.85. The van der Waals surface area contributed by atoms with E-state index in [2.05, 4.69) is 10.1 Å². The molecule has 0 fully saturated rings. The van der Waals surface area contributed by atoms with Crippen molar-refractivity contribution in [2.24, 2.45) is 0 Å². The van der Waals surface area contributed by atoms with Crippen LogP contribution in [0.5, 0.6) is 11.5 Å². The van der Waals surface area contributed by atoms with Gasteiger partial charge in [0.15, 0.2) is 11.5 Å². The number of halogens is 2. The largest absolute Gasteiger partial charge is 0.490 e. The number of ether oxygens (including phenoxy) is 2. The zero-order valence-electron chi connectivity index (χ0n) is 14.2. The predicted molar refractivity (Wildman–Crippen MR) is 89.5 cm³/mol. The van der Waals surface area contributed by atoms with Gasteiger partial charge in [-0.05, 0) is 57.8 Å². The number of benzene rings is 1. The van der Waals surface area contributed by atoms with E-state index in [1.807, 2.05) is 19.0 Å². The van der Waals surface area contributed by atoms with Gasteiger partial charge in [-0.3, -0.25) is 4.79 Å². The highest BCUT2D eigenvalue weighted by atomic mass is 19.3. The Morgan fingerprint density at radius 3 is 2.71 bits per heavy atom. The Kier molecular flexibility index (Phi) is 8.78. The van der Waals surface area contributed by atoms with Crippen molar-refractivity contribution >= 4 is 12.0 Å². The molecule has 1 aromatic carbocycles. The van der Waals surface area contributed by atoms with Gasteiger partial charge in [0.2, 0.25) is 5.91 Å². The third-order valence-electron chi connectivity index (χ3n) is 2.99. The van der Waals surface area contributed by atoms with Crippen LogP contribution in [0.15, 0.2) is 24.3 Å². The van der Waals surface area contributed by atoms with Crippen LogP contribution in [0.25, 0.3) is 6.08 Å². The fourth-order valence-corrected chi connectivity index (χ4v) is 1.93. The second kappa shape index (κ2) is 10.6. The number of alkyl halides is 2. The van der Waals surface area contributed by atoms with Crippen LogP contribution in [0.3, 0.4) is 0 Å². The minimum absolute atomic E-state index is 0.0304. The number of hydrogen-bond acceptors (Lipinski definition) is 4. The summed E-state index contributed by atoms with van der Waals surface area (Å²) in [6, 6.07) is 4.53. The second-order valence-corrected chi connectivity index (χ2v) is 5.30. The Hall–Kier alpha value is -2.15. The Bertz CT molecular complexity index is 549. The third kappa shape index (κ3) is 7.92. The van der Waals surface area contributed by atoms with Gasteiger partial charge in [-0.2, -0.15) is 8.78 Å². The van der Waals surface area contributed by atoms with E-state index in [0.717, 1.165) is 13.0 Å². The molecule has 0 unspecified atom stereocenters. The fraction of sp³-hybridized carbons (Fsp3) is 0.471. The highest BCUT2D eigenvalue weighted by Crippen LogP contribution is 2.30. The van der Waals surface area contributed by atoms with Gasteiger partial charge in [-0.15, -0.1) is 0 Å². The second-order valence-electron chi connectivity index (χ2n) is 5.30. The molecule has 0 saturated carbocycles. The lowest BCUT2D eigenvalue weighted by atomic mass is 10.2. The lowest BCUT2D eigenvalue weighted by Crippen LogP contribution is -2.25. The minimum Gasteiger partial charge on any atom is -0.490 e. The van der Waals surface area contributed by atoms with Crippen LogP contribution in [0.1, 0.15) is 18.9 Å². The summed E-state index contributed by atoms with van der Waals surface area (Å²) >= 11 is 0. The van der Waals surface area contributed by atoms with E-state index in [1.165, 1.54) is 12.1 Å². The number of nitrogens with zero attached hydrogens (tertiary/aromatic N) is 1. The number of amides is 1. The molecule has 1 amide bonds. The van der Waals surface area contributed by atoms with Crippen molar-refractivity contribution in [2.45, 2.75) is 20.0 Å². The molecular weight excluding hydrogens is 318 g/mol. The smallest absolute Gasteiger partial charge is 0.387 e. The Morgan fingerprint density at radius 1 is 1.33 bits per heavy atom. The lowest BCUT2D eigenvalue weighted by molar-refractivity contribution is -0.116. The lowest BCUT2D eigenvalue weighted by Gasteiger charge is -2.11. The number of carbonyl (C=O) groups is 1. The molecule has 1 N–H and O–H groups in total. The summed E-state index contributed by atoms with van der Waals surface area (Å²) in [7, 11) is 3.94. The summed E-state index contributed by atoms with van der Waals surface area (Å²) in [4.78, 5) is 13.8. The molecule has 0 radical (unpaired) electrons. The van der Waals surface area contributed by atoms with E-state index in [9.17, 15) is 13.6 Å². The standard InChI is InChI=1S/C17H24F2N2O3/c1-4-23-15-12-13(6-8-14(15)24-17(18)19)7-9-16(22)20-10-5-11-21(2)3/h6-9,12,17H,4-5,10-11H2,1-3H3,(H,20,22)/b9-7+. The Labute approximate surface area is 141 Å². The molecule has 0 aromatic heterocycles. The zero-order valence-corrected chi connectivity index (χ0v) is 14.2. The van der Waals surface area contributed by atoms with Gasteiger partial charge in [-0.1, -0.05) is 6.07 Å². The van der Waals surface area contributed by atoms with Crippen molar-refractivity contribution in [3.05, 3.63) is 29.8 Å². The van der Waals surface area contributed by atoms with Gasteiger partial charge in [0.25, 0.3) is 0 Å². The number of nitrogens with one attached hydrogen (secondary N) is 1. The van der Waals surface area contributed by atoms with Crippen LogP contribution in [0.2, 0.25) is 0 Å². The molecular formula is C17H24F2N2O3. The Balaban J connectivity index is 2.62. The van der Waals surface area contributed by atoms with E-state index in [4.69, 9.17) is 4.74 Å². The van der Waals surface area contributed by atoms with Crippen molar-refractivity contribution in [1.29, 1.82) is 0 Å². The average Bonchev–Trinajstić information content (AvgIpc) is 2.51. The molecule has 0 heterocycles. The molecule has 24 heavy (non-hydrogen) atoms. The van der Waals surface area contributed by atoms with Gasteiger partial charge in [0.05, 0.1) is 6.61 Å². The average molecular weight is 342 g/mol. The molecule has 7 heteroatoms. The van der Waals surface area contributed by atoms with Gasteiger partial charge in [0.1, 0.15) is 0 Å². The molecule has 0 bridgehead atoms. The normalized spacial score (nSPS) is 11.3. The van der Waals surface area contributed by atoms with Gasteiger partial charge in [0, 0.05) is 12.6 Å². The summed E-state index contributed by atoms with van der Waals surface area (Å²) in [6.45, 7) is 0.633. The molecule has 0 aliphatic carbocycles. The number of rotatable bonds is 10. The summed E-state index contributed by atoms with van der Waals surface area (Å²) < 4.78 is 34.4. The quantitative estimate of drug-likeness (QED) is 0.525. The molecule has 0 atom stereocenters. The maximum Gasteiger partial charge on any atom is 0.387 e. The molecule has 1 aromatic rings. The first kappa shape index (κ1) is 19.9. The van der Waals surface area contributed by atoms with Crippen LogP contribution in [-0.2, 0) is 4.79 Å². The van der Waals surface area contributed by atoms with E-state index in [-0.39, 0.29) is 17.4 Å². The zero-order chi connectivity index (χ0) is 17.9. The van der Waals surface area contributed by atoms with E-state index in [0.29, 0.717) is 18.7 Å². The Morgan fingerprint density at radius 2 is 2.08 bits per heavy atom. The van der Waals surface area contributed by atoms with Gasteiger partial charge in [-0.25, -0.2) is 0 Å². The first-order chi connectivity index (χ1) is 11.4. The number of hydrogen-bond donors (Lipinski definition) is 1. The maximum absolute atomic E-state index is 12.3. The fourth-order valence-electron chi connectivity index (χ4n) is 1.93. The van der Waals surface area contributed by atoms with Crippen molar-refractivity contribution in [2.75, 3.05) is 33.8 Å². The highest BCUT2D eigenvalue weighted by Gasteiger charge is 2.11.